The Labute approximate surface area is 109 Å². The molecule has 7 unspecified atom stereocenters. The van der Waals surface area contributed by atoms with Crippen molar-refractivity contribution in [1.82, 2.24) is 0 Å². The molecule has 4 aliphatic rings. The third-order valence-corrected chi connectivity index (χ3v) is 6.54. The standard InChI is InChI=1S/C15H24O3/c1-3-17-9(2)18-8-14-5-10-4-12-11(13(10)16)6-15(12,14)7-14/h9-13,16H,3-8H2,1-2H3. The molecule has 0 saturated heterocycles. The van der Waals surface area contributed by atoms with E-state index < -0.39 is 0 Å². The van der Waals surface area contributed by atoms with E-state index in [4.69, 9.17) is 9.47 Å². The molecule has 7 atom stereocenters. The van der Waals surface area contributed by atoms with Crippen LogP contribution in [0, 0.1) is 28.6 Å². The highest BCUT2D eigenvalue weighted by atomic mass is 16.7. The zero-order chi connectivity index (χ0) is 12.5. The van der Waals surface area contributed by atoms with E-state index in [1.807, 2.05) is 13.8 Å². The zero-order valence-electron chi connectivity index (χ0n) is 11.4. The van der Waals surface area contributed by atoms with Crippen LogP contribution in [0.3, 0.4) is 0 Å². The van der Waals surface area contributed by atoms with Crippen molar-refractivity contribution in [2.24, 2.45) is 28.6 Å². The van der Waals surface area contributed by atoms with Crippen LogP contribution in [0.25, 0.3) is 0 Å². The Bertz CT molecular complexity index is 371. The van der Waals surface area contributed by atoms with Gasteiger partial charge in [0.15, 0.2) is 6.29 Å². The van der Waals surface area contributed by atoms with Gasteiger partial charge in [-0.05, 0) is 62.7 Å². The van der Waals surface area contributed by atoms with Gasteiger partial charge in [-0.2, -0.15) is 0 Å². The lowest BCUT2D eigenvalue weighted by Crippen LogP contribution is -2.43. The smallest absolute Gasteiger partial charge is 0.154 e. The predicted molar refractivity (Wildman–Crippen MR) is 66.9 cm³/mol. The van der Waals surface area contributed by atoms with E-state index in [9.17, 15) is 5.11 Å². The second-order valence-corrected chi connectivity index (χ2v) is 7.11. The third kappa shape index (κ3) is 1.21. The number of rotatable bonds is 5. The van der Waals surface area contributed by atoms with Crippen LogP contribution in [0.1, 0.15) is 39.5 Å². The van der Waals surface area contributed by atoms with E-state index in [-0.39, 0.29) is 12.4 Å². The Hall–Kier alpha value is -0.120. The van der Waals surface area contributed by atoms with Crippen LogP contribution in [0.4, 0.5) is 0 Å². The molecule has 1 spiro atoms. The van der Waals surface area contributed by atoms with E-state index in [1.54, 1.807) is 0 Å². The van der Waals surface area contributed by atoms with Crippen molar-refractivity contribution in [3.63, 3.8) is 0 Å². The van der Waals surface area contributed by atoms with E-state index in [0.29, 0.717) is 29.3 Å². The van der Waals surface area contributed by atoms with Gasteiger partial charge in [0.25, 0.3) is 0 Å². The Balaban J connectivity index is 1.45. The monoisotopic (exact) mass is 252 g/mol. The first-order valence-electron chi connectivity index (χ1n) is 7.53. The Kier molecular flexibility index (Phi) is 2.27. The van der Waals surface area contributed by atoms with Gasteiger partial charge >= 0.3 is 0 Å². The quantitative estimate of drug-likeness (QED) is 0.762. The van der Waals surface area contributed by atoms with Crippen LogP contribution in [0.5, 0.6) is 0 Å². The van der Waals surface area contributed by atoms with Gasteiger partial charge in [-0.1, -0.05) is 0 Å². The molecule has 2 bridgehead atoms. The largest absolute Gasteiger partial charge is 0.393 e. The minimum Gasteiger partial charge on any atom is -0.393 e. The molecule has 4 rings (SSSR count). The molecule has 4 saturated carbocycles. The van der Waals surface area contributed by atoms with Gasteiger partial charge in [-0.3, -0.25) is 0 Å². The molecule has 0 radical (unpaired) electrons. The van der Waals surface area contributed by atoms with Crippen molar-refractivity contribution in [2.45, 2.75) is 51.9 Å². The lowest BCUT2D eigenvalue weighted by atomic mass is 9.58. The molecule has 3 nitrogen and oxygen atoms in total. The maximum atomic E-state index is 10.3. The van der Waals surface area contributed by atoms with Crippen LogP contribution in [0.15, 0.2) is 0 Å². The average molecular weight is 252 g/mol. The first kappa shape index (κ1) is 11.7. The van der Waals surface area contributed by atoms with E-state index >= 15 is 0 Å². The molecule has 18 heavy (non-hydrogen) atoms. The molecule has 1 N–H and O–H groups in total. The summed E-state index contributed by atoms with van der Waals surface area (Å²) in [6, 6.07) is 0. The Morgan fingerprint density at radius 3 is 2.94 bits per heavy atom. The molecule has 4 aliphatic carbocycles. The lowest BCUT2D eigenvalue weighted by Gasteiger charge is -2.46. The molecule has 0 heterocycles. The fourth-order valence-corrected chi connectivity index (χ4v) is 5.71. The summed E-state index contributed by atoms with van der Waals surface area (Å²) in [5.41, 5.74) is 0.970. The van der Waals surface area contributed by atoms with E-state index in [0.717, 1.165) is 12.5 Å². The summed E-state index contributed by atoms with van der Waals surface area (Å²) in [4.78, 5) is 0. The molecule has 102 valence electrons. The number of hydrogen-bond acceptors (Lipinski definition) is 3. The Morgan fingerprint density at radius 1 is 1.33 bits per heavy atom. The van der Waals surface area contributed by atoms with Crippen molar-refractivity contribution < 1.29 is 14.6 Å². The van der Waals surface area contributed by atoms with Crippen molar-refractivity contribution in [3.8, 4) is 0 Å². The summed E-state index contributed by atoms with van der Waals surface area (Å²) in [6.07, 6.45) is 5.01. The van der Waals surface area contributed by atoms with Crippen molar-refractivity contribution in [2.75, 3.05) is 13.2 Å². The van der Waals surface area contributed by atoms with Crippen LogP contribution in [-0.2, 0) is 9.47 Å². The number of aliphatic hydroxyl groups is 1. The van der Waals surface area contributed by atoms with Gasteiger partial charge in [0.2, 0.25) is 0 Å². The molecule has 0 aromatic heterocycles. The summed E-state index contributed by atoms with van der Waals surface area (Å²) < 4.78 is 11.4. The van der Waals surface area contributed by atoms with Crippen LogP contribution in [-0.4, -0.2) is 30.7 Å². The fourth-order valence-electron chi connectivity index (χ4n) is 5.71. The topological polar surface area (TPSA) is 38.7 Å². The molecule has 4 fully saturated rings. The minimum absolute atomic E-state index is 0.00499. The third-order valence-electron chi connectivity index (χ3n) is 6.54. The van der Waals surface area contributed by atoms with Gasteiger partial charge in [-0.25, -0.2) is 0 Å². The van der Waals surface area contributed by atoms with Gasteiger partial charge < -0.3 is 14.6 Å². The van der Waals surface area contributed by atoms with Crippen molar-refractivity contribution >= 4 is 0 Å². The van der Waals surface area contributed by atoms with Crippen LogP contribution >= 0.6 is 0 Å². The SMILES string of the molecule is CCOC(C)OCC12CC3CC4C(CC41C2)C3O. The molecule has 0 aromatic rings. The number of aliphatic hydroxyl groups excluding tert-OH is 1. The van der Waals surface area contributed by atoms with E-state index in [1.165, 1.54) is 25.7 Å². The summed E-state index contributed by atoms with van der Waals surface area (Å²) in [6.45, 7) is 5.56. The van der Waals surface area contributed by atoms with E-state index in [2.05, 4.69) is 0 Å². The molecular weight excluding hydrogens is 228 g/mol. The fraction of sp³-hybridized carbons (Fsp3) is 1.00. The van der Waals surface area contributed by atoms with Crippen LogP contribution < -0.4 is 0 Å². The number of hydrogen-bond donors (Lipinski definition) is 1. The summed E-state index contributed by atoms with van der Waals surface area (Å²) in [7, 11) is 0. The highest BCUT2D eigenvalue weighted by molar-refractivity contribution is 5.31. The van der Waals surface area contributed by atoms with Gasteiger partial charge in [0.05, 0.1) is 12.7 Å². The van der Waals surface area contributed by atoms with Crippen LogP contribution in [0.2, 0.25) is 0 Å². The second kappa shape index (κ2) is 3.50. The van der Waals surface area contributed by atoms with Gasteiger partial charge in [0, 0.05) is 12.0 Å². The normalized spacial score (nSPS) is 56.8. The molecule has 0 amide bonds. The second-order valence-electron chi connectivity index (χ2n) is 7.11. The first-order chi connectivity index (χ1) is 8.62. The van der Waals surface area contributed by atoms with Crippen molar-refractivity contribution in [3.05, 3.63) is 0 Å². The highest BCUT2D eigenvalue weighted by Crippen LogP contribution is 2.86. The summed E-state index contributed by atoms with van der Waals surface area (Å²) >= 11 is 0. The summed E-state index contributed by atoms with van der Waals surface area (Å²) in [5, 5.41) is 10.3. The molecule has 3 heteroatoms. The first-order valence-corrected chi connectivity index (χ1v) is 7.53. The number of fused-ring (bicyclic) bond motifs is 1. The Morgan fingerprint density at radius 2 is 2.17 bits per heavy atom. The molecular formula is C15H24O3. The summed E-state index contributed by atoms with van der Waals surface area (Å²) in [5.74, 6) is 2.00. The minimum atomic E-state index is -0.0811. The zero-order valence-corrected chi connectivity index (χ0v) is 11.4. The van der Waals surface area contributed by atoms with Gasteiger partial charge in [0.1, 0.15) is 0 Å². The van der Waals surface area contributed by atoms with Gasteiger partial charge in [-0.15, -0.1) is 0 Å². The lowest BCUT2D eigenvalue weighted by molar-refractivity contribution is -0.149. The predicted octanol–water partition coefficient (Wildman–Crippen LogP) is 2.18. The average Bonchev–Trinajstić information content (AvgIpc) is 2.96. The molecule has 0 aromatic carbocycles. The maximum Gasteiger partial charge on any atom is 0.154 e. The molecule has 0 aliphatic heterocycles. The highest BCUT2D eigenvalue weighted by Gasteiger charge is 2.82. The van der Waals surface area contributed by atoms with Crippen molar-refractivity contribution in [1.29, 1.82) is 0 Å². The maximum absolute atomic E-state index is 10.3. The number of ether oxygens (including phenoxy) is 2.